The van der Waals surface area contributed by atoms with E-state index in [2.05, 4.69) is 4.98 Å². The largest absolute Gasteiger partial charge is 0.292 e. The zero-order chi connectivity index (χ0) is 18.8. The summed E-state index contributed by atoms with van der Waals surface area (Å²) in [5.74, 6) is 0.834. The van der Waals surface area contributed by atoms with Crippen LogP contribution in [0.2, 0.25) is 5.02 Å². The predicted molar refractivity (Wildman–Crippen MR) is 111 cm³/mol. The highest BCUT2D eigenvalue weighted by atomic mass is 35.5. The molecule has 0 N–H and O–H groups in total. The fourth-order valence-electron chi connectivity index (χ4n) is 3.49. The second kappa shape index (κ2) is 7.37. The van der Waals surface area contributed by atoms with Crippen molar-refractivity contribution in [2.45, 2.75) is 19.8 Å². The highest BCUT2D eigenvalue weighted by molar-refractivity contribution is 6.31. The SMILES string of the molecule is CCCC(=O)c1c(-c2ccccc2)c2cc(Cl)ccc2n1-c1ccccn1. The van der Waals surface area contributed by atoms with E-state index >= 15 is 0 Å². The molecule has 27 heavy (non-hydrogen) atoms. The number of rotatable bonds is 5. The molecule has 4 rings (SSSR count). The van der Waals surface area contributed by atoms with Crippen molar-refractivity contribution >= 4 is 28.3 Å². The smallest absolute Gasteiger partial charge is 0.180 e. The number of carbonyl (C=O) groups is 1. The van der Waals surface area contributed by atoms with Crippen molar-refractivity contribution in [3.8, 4) is 16.9 Å². The first-order valence-corrected chi connectivity index (χ1v) is 9.42. The number of aromatic nitrogens is 2. The van der Waals surface area contributed by atoms with E-state index in [-0.39, 0.29) is 5.78 Å². The number of nitrogens with zero attached hydrogens (tertiary/aromatic N) is 2. The van der Waals surface area contributed by atoms with Crippen LogP contribution < -0.4 is 0 Å². The van der Waals surface area contributed by atoms with Gasteiger partial charge in [-0.2, -0.15) is 0 Å². The van der Waals surface area contributed by atoms with Crippen LogP contribution in [0.5, 0.6) is 0 Å². The molecule has 134 valence electrons. The van der Waals surface area contributed by atoms with Crippen molar-refractivity contribution in [2.75, 3.05) is 0 Å². The van der Waals surface area contributed by atoms with Crippen molar-refractivity contribution in [3.63, 3.8) is 0 Å². The lowest BCUT2D eigenvalue weighted by atomic mass is 9.99. The molecule has 3 nitrogen and oxygen atoms in total. The molecule has 0 atom stereocenters. The quantitative estimate of drug-likeness (QED) is 0.382. The van der Waals surface area contributed by atoms with E-state index in [9.17, 15) is 4.79 Å². The number of halogens is 1. The predicted octanol–water partition coefficient (Wildman–Crippen LogP) is 6.33. The van der Waals surface area contributed by atoms with Gasteiger partial charge < -0.3 is 0 Å². The third kappa shape index (κ3) is 3.15. The van der Waals surface area contributed by atoms with Crippen molar-refractivity contribution in [2.24, 2.45) is 0 Å². The molecule has 0 aliphatic heterocycles. The summed E-state index contributed by atoms with van der Waals surface area (Å²) in [6.07, 6.45) is 3.02. The Bertz CT molecular complexity index is 1100. The monoisotopic (exact) mass is 374 g/mol. The summed E-state index contributed by atoms with van der Waals surface area (Å²) in [5, 5.41) is 1.60. The van der Waals surface area contributed by atoms with Crippen LogP contribution in [0.1, 0.15) is 30.3 Å². The lowest BCUT2D eigenvalue weighted by Crippen LogP contribution is -2.09. The summed E-state index contributed by atoms with van der Waals surface area (Å²) >= 11 is 6.32. The second-order valence-corrected chi connectivity index (χ2v) is 6.88. The number of carbonyl (C=O) groups excluding carboxylic acids is 1. The average Bonchev–Trinajstić information content (AvgIpc) is 3.04. The van der Waals surface area contributed by atoms with Crippen molar-refractivity contribution in [3.05, 3.63) is 83.6 Å². The molecule has 0 unspecified atom stereocenters. The number of fused-ring (bicyclic) bond motifs is 1. The molecule has 0 saturated heterocycles. The van der Waals surface area contributed by atoms with Crippen LogP contribution in [0.3, 0.4) is 0 Å². The van der Waals surface area contributed by atoms with Crippen LogP contribution in [0.25, 0.3) is 27.8 Å². The Labute approximate surface area is 163 Å². The van der Waals surface area contributed by atoms with Gasteiger partial charge in [0, 0.05) is 28.6 Å². The summed E-state index contributed by atoms with van der Waals surface area (Å²) in [5.41, 5.74) is 3.51. The van der Waals surface area contributed by atoms with Crippen molar-refractivity contribution in [1.82, 2.24) is 9.55 Å². The normalized spacial score (nSPS) is 11.0. The van der Waals surface area contributed by atoms with Crippen LogP contribution in [-0.4, -0.2) is 15.3 Å². The molecule has 0 fully saturated rings. The lowest BCUT2D eigenvalue weighted by molar-refractivity contribution is 0.0976. The standard InChI is InChI=1S/C23H19ClN2O/c1-2-8-20(27)23-22(16-9-4-3-5-10-16)18-15-17(24)12-13-19(18)26(23)21-11-6-7-14-25-21/h3-7,9-15H,2,8H2,1H3. The third-order valence-corrected chi connectivity index (χ3v) is 4.85. The van der Waals surface area contributed by atoms with Gasteiger partial charge in [0.05, 0.1) is 11.2 Å². The summed E-state index contributed by atoms with van der Waals surface area (Å²) in [4.78, 5) is 17.7. The molecule has 0 aliphatic carbocycles. The van der Waals surface area contributed by atoms with E-state index in [4.69, 9.17) is 11.6 Å². The van der Waals surface area contributed by atoms with Gasteiger partial charge in [-0.05, 0) is 42.3 Å². The Morgan fingerprint density at radius 1 is 1.04 bits per heavy atom. The van der Waals surface area contributed by atoms with Crippen LogP contribution in [-0.2, 0) is 0 Å². The Balaban J connectivity index is 2.15. The summed E-state index contributed by atoms with van der Waals surface area (Å²) in [6.45, 7) is 2.02. The van der Waals surface area contributed by atoms with Gasteiger partial charge in [0.25, 0.3) is 0 Å². The molecule has 0 aliphatic rings. The number of pyridine rings is 1. The maximum absolute atomic E-state index is 13.2. The Hall–Kier alpha value is -2.91. The molecular weight excluding hydrogens is 356 g/mol. The number of benzene rings is 2. The molecule has 0 saturated carbocycles. The topological polar surface area (TPSA) is 34.9 Å². The van der Waals surface area contributed by atoms with E-state index < -0.39 is 0 Å². The number of hydrogen-bond acceptors (Lipinski definition) is 2. The first kappa shape index (κ1) is 17.5. The van der Waals surface area contributed by atoms with E-state index in [0.29, 0.717) is 17.1 Å². The maximum atomic E-state index is 13.2. The molecule has 0 amide bonds. The highest BCUT2D eigenvalue weighted by Gasteiger charge is 2.24. The first-order chi connectivity index (χ1) is 13.2. The first-order valence-electron chi connectivity index (χ1n) is 9.04. The number of Topliss-reactive ketones (excluding diaryl/α,β-unsaturated/α-hetero) is 1. The van der Waals surface area contributed by atoms with Crippen LogP contribution >= 0.6 is 11.6 Å². The van der Waals surface area contributed by atoms with Gasteiger partial charge in [-0.3, -0.25) is 9.36 Å². The van der Waals surface area contributed by atoms with Crippen LogP contribution in [0.15, 0.2) is 72.9 Å². The molecule has 0 radical (unpaired) electrons. The van der Waals surface area contributed by atoms with Crippen molar-refractivity contribution in [1.29, 1.82) is 0 Å². The van der Waals surface area contributed by atoms with Crippen LogP contribution in [0.4, 0.5) is 0 Å². The highest BCUT2D eigenvalue weighted by Crippen LogP contribution is 2.38. The van der Waals surface area contributed by atoms with Gasteiger partial charge >= 0.3 is 0 Å². The van der Waals surface area contributed by atoms with Gasteiger partial charge in [-0.15, -0.1) is 0 Å². The Morgan fingerprint density at radius 3 is 2.52 bits per heavy atom. The molecular formula is C23H19ClN2O. The van der Waals surface area contributed by atoms with E-state index in [1.54, 1.807) is 6.20 Å². The van der Waals surface area contributed by atoms with E-state index in [1.165, 1.54) is 0 Å². The fourth-order valence-corrected chi connectivity index (χ4v) is 3.67. The van der Waals surface area contributed by atoms with Gasteiger partial charge in [0.15, 0.2) is 5.78 Å². The molecule has 2 aromatic heterocycles. The van der Waals surface area contributed by atoms with Crippen molar-refractivity contribution < 1.29 is 4.79 Å². The summed E-state index contributed by atoms with van der Waals surface area (Å²) < 4.78 is 1.96. The van der Waals surface area contributed by atoms with Crippen LogP contribution in [0, 0.1) is 0 Å². The minimum atomic E-state index is 0.106. The zero-order valence-electron chi connectivity index (χ0n) is 15.0. The fraction of sp³-hybridized carbons (Fsp3) is 0.130. The molecule has 4 heteroatoms. The molecule has 0 bridgehead atoms. The lowest BCUT2D eigenvalue weighted by Gasteiger charge is -2.11. The molecule has 2 aromatic carbocycles. The summed E-state index contributed by atoms with van der Waals surface area (Å²) in [6, 6.07) is 21.5. The Morgan fingerprint density at radius 2 is 1.81 bits per heavy atom. The Kier molecular flexibility index (Phi) is 4.78. The molecule has 0 spiro atoms. The maximum Gasteiger partial charge on any atom is 0.180 e. The minimum Gasteiger partial charge on any atom is -0.292 e. The average molecular weight is 375 g/mol. The number of ketones is 1. The number of hydrogen-bond donors (Lipinski definition) is 0. The molecule has 2 heterocycles. The van der Waals surface area contributed by atoms with Gasteiger partial charge in [0.2, 0.25) is 0 Å². The third-order valence-electron chi connectivity index (χ3n) is 4.61. The van der Waals surface area contributed by atoms with Gasteiger partial charge in [-0.25, -0.2) is 4.98 Å². The van der Waals surface area contributed by atoms with E-state index in [0.717, 1.165) is 34.3 Å². The zero-order valence-corrected chi connectivity index (χ0v) is 15.8. The van der Waals surface area contributed by atoms with Gasteiger partial charge in [-0.1, -0.05) is 54.9 Å². The molecule has 4 aromatic rings. The summed E-state index contributed by atoms with van der Waals surface area (Å²) in [7, 11) is 0. The second-order valence-electron chi connectivity index (χ2n) is 6.45. The van der Waals surface area contributed by atoms with Gasteiger partial charge in [0.1, 0.15) is 5.82 Å². The van der Waals surface area contributed by atoms with E-state index in [1.807, 2.05) is 78.2 Å². The minimum absolute atomic E-state index is 0.106.